The van der Waals surface area contributed by atoms with Gasteiger partial charge in [-0.2, -0.15) is 18.3 Å². The molecule has 0 aliphatic rings. The highest BCUT2D eigenvalue weighted by Gasteiger charge is 2.36. The van der Waals surface area contributed by atoms with E-state index in [1.165, 1.54) is 12.1 Å². The molecule has 1 aromatic carbocycles. The van der Waals surface area contributed by atoms with Gasteiger partial charge in [-0.1, -0.05) is 12.1 Å². The van der Waals surface area contributed by atoms with Crippen molar-refractivity contribution >= 4 is 15.7 Å². The number of aromatic amines is 1. The number of hydrogen-bond acceptors (Lipinski definition) is 3. The average Bonchev–Trinajstić information content (AvgIpc) is 2.80. The molecule has 0 aliphatic carbocycles. The van der Waals surface area contributed by atoms with Crippen molar-refractivity contribution in [2.75, 3.05) is 4.72 Å². The van der Waals surface area contributed by atoms with E-state index in [0.29, 0.717) is 11.8 Å². The fraction of sp³-hybridized carbons (Fsp3) is 0.250. The van der Waals surface area contributed by atoms with Crippen molar-refractivity contribution in [2.24, 2.45) is 0 Å². The van der Waals surface area contributed by atoms with Crippen LogP contribution in [0.4, 0.5) is 23.2 Å². The minimum Gasteiger partial charge on any atom is -0.279 e. The average molecular weight is 337 g/mol. The zero-order valence-corrected chi connectivity index (χ0v) is 12.0. The van der Waals surface area contributed by atoms with Crippen molar-refractivity contribution in [2.45, 2.75) is 18.9 Å². The molecule has 2 rings (SSSR count). The molecule has 0 saturated heterocycles. The summed E-state index contributed by atoms with van der Waals surface area (Å²) in [7, 11) is -4.23. The molecule has 0 amide bonds. The zero-order chi connectivity index (χ0) is 16.5. The highest BCUT2D eigenvalue weighted by Crippen LogP contribution is 2.33. The number of aromatic nitrogens is 2. The Morgan fingerprint density at radius 2 is 2.00 bits per heavy atom. The molecule has 0 unspecified atom stereocenters. The molecule has 2 aromatic rings. The summed E-state index contributed by atoms with van der Waals surface area (Å²) in [5.74, 6) is -1.53. The molecule has 120 valence electrons. The molecular weight excluding hydrogens is 326 g/mol. The first kappa shape index (κ1) is 16.3. The lowest BCUT2D eigenvalue weighted by Gasteiger charge is -2.10. The van der Waals surface area contributed by atoms with Gasteiger partial charge in [0.05, 0.1) is 17.6 Å². The van der Waals surface area contributed by atoms with Crippen molar-refractivity contribution in [3.05, 3.63) is 47.0 Å². The number of nitrogens with zero attached hydrogens (tertiary/aromatic N) is 1. The van der Waals surface area contributed by atoms with Crippen LogP contribution in [0.3, 0.4) is 0 Å². The Balaban J connectivity index is 2.24. The molecule has 10 heteroatoms. The fourth-order valence-corrected chi connectivity index (χ4v) is 2.96. The lowest BCUT2D eigenvalue weighted by molar-refractivity contribution is -0.140. The van der Waals surface area contributed by atoms with Gasteiger partial charge in [0.1, 0.15) is 5.82 Å². The highest BCUT2D eigenvalue weighted by molar-refractivity contribution is 7.91. The number of hydrogen-bond donors (Lipinski definition) is 2. The Morgan fingerprint density at radius 1 is 1.32 bits per heavy atom. The highest BCUT2D eigenvalue weighted by atomic mass is 32.2. The molecule has 0 radical (unpaired) electrons. The van der Waals surface area contributed by atoms with Crippen LogP contribution in [0.5, 0.6) is 0 Å². The van der Waals surface area contributed by atoms with Crippen LogP contribution < -0.4 is 4.72 Å². The van der Waals surface area contributed by atoms with Crippen LogP contribution in [0, 0.1) is 12.7 Å². The van der Waals surface area contributed by atoms with Crippen LogP contribution in [0.15, 0.2) is 24.4 Å². The van der Waals surface area contributed by atoms with Crippen molar-refractivity contribution in [3.63, 3.8) is 0 Å². The molecule has 2 N–H and O–H groups in total. The number of aryl methyl sites for hydroxylation is 1. The zero-order valence-electron chi connectivity index (χ0n) is 11.2. The Hall–Kier alpha value is -2.10. The minimum absolute atomic E-state index is 0.143. The summed E-state index contributed by atoms with van der Waals surface area (Å²) < 4.78 is 77.1. The summed E-state index contributed by atoms with van der Waals surface area (Å²) in [6, 6.07) is 3.92. The summed E-state index contributed by atoms with van der Waals surface area (Å²) >= 11 is 0. The summed E-state index contributed by atoms with van der Waals surface area (Å²) in [4.78, 5) is 0. The van der Waals surface area contributed by atoms with E-state index in [4.69, 9.17) is 0 Å². The minimum atomic E-state index is -4.79. The number of benzene rings is 1. The van der Waals surface area contributed by atoms with Gasteiger partial charge in [0.15, 0.2) is 5.69 Å². The largest absolute Gasteiger partial charge is 0.434 e. The molecule has 1 heterocycles. The Morgan fingerprint density at radius 3 is 2.59 bits per heavy atom. The number of H-pyrrole nitrogens is 1. The molecule has 1 aromatic heterocycles. The quantitative estimate of drug-likeness (QED) is 0.843. The molecule has 22 heavy (non-hydrogen) atoms. The number of sulfonamides is 1. The summed E-state index contributed by atoms with van der Waals surface area (Å²) in [5, 5.41) is 4.84. The Bertz CT molecular complexity index is 784. The van der Waals surface area contributed by atoms with Gasteiger partial charge in [0, 0.05) is 5.56 Å². The molecule has 0 spiro atoms. The smallest absolute Gasteiger partial charge is 0.279 e. The van der Waals surface area contributed by atoms with Gasteiger partial charge >= 0.3 is 6.18 Å². The second-order valence-corrected chi connectivity index (χ2v) is 6.33. The van der Waals surface area contributed by atoms with Crippen molar-refractivity contribution in [3.8, 4) is 0 Å². The van der Waals surface area contributed by atoms with E-state index < -0.39 is 39.2 Å². The van der Waals surface area contributed by atoms with E-state index in [2.05, 4.69) is 5.10 Å². The third-order valence-corrected chi connectivity index (χ3v) is 3.96. The van der Waals surface area contributed by atoms with E-state index >= 15 is 0 Å². The monoisotopic (exact) mass is 337 g/mol. The third kappa shape index (κ3) is 3.75. The normalized spacial score (nSPS) is 12.4. The van der Waals surface area contributed by atoms with E-state index in [1.807, 2.05) is 0 Å². The lowest BCUT2D eigenvalue weighted by Crippen LogP contribution is -2.18. The molecule has 5 nitrogen and oxygen atoms in total. The second kappa shape index (κ2) is 5.59. The van der Waals surface area contributed by atoms with Crippen molar-refractivity contribution in [1.29, 1.82) is 0 Å². The number of alkyl halides is 3. The van der Waals surface area contributed by atoms with Crippen LogP contribution in [-0.4, -0.2) is 18.6 Å². The fourth-order valence-electron chi connectivity index (χ4n) is 1.76. The van der Waals surface area contributed by atoms with E-state index in [9.17, 15) is 26.0 Å². The number of halogens is 4. The van der Waals surface area contributed by atoms with Crippen LogP contribution in [0.25, 0.3) is 0 Å². The summed E-state index contributed by atoms with van der Waals surface area (Å²) in [6.07, 6.45) is -4.09. The molecule has 0 bridgehead atoms. The summed E-state index contributed by atoms with van der Waals surface area (Å²) in [5.41, 5.74) is -1.60. The maximum atomic E-state index is 13.6. The van der Waals surface area contributed by atoms with Gasteiger partial charge in [-0.25, -0.2) is 12.8 Å². The van der Waals surface area contributed by atoms with Crippen LogP contribution in [-0.2, 0) is 22.0 Å². The van der Waals surface area contributed by atoms with E-state index in [1.54, 1.807) is 16.7 Å². The maximum absolute atomic E-state index is 13.6. The van der Waals surface area contributed by atoms with Gasteiger partial charge in [-0.15, -0.1) is 0 Å². The van der Waals surface area contributed by atoms with Gasteiger partial charge in [0.2, 0.25) is 10.0 Å². The SMILES string of the molecule is Cc1ccc(CS(=O)(=O)Nc2cn[nH]c2C(F)(F)F)c(F)c1. The second-order valence-electron chi connectivity index (χ2n) is 4.61. The Labute approximate surface area is 123 Å². The first-order chi connectivity index (χ1) is 10.1. The van der Waals surface area contributed by atoms with Crippen LogP contribution >= 0.6 is 0 Å². The van der Waals surface area contributed by atoms with Gasteiger partial charge in [0.25, 0.3) is 0 Å². The number of nitrogens with one attached hydrogen (secondary N) is 2. The molecular formula is C12H11F4N3O2S. The first-order valence-electron chi connectivity index (χ1n) is 5.94. The molecule has 0 aliphatic heterocycles. The van der Waals surface area contributed by atoms with Crippen molar-refractivity contribution in [1.82, 2.24) is 10.2 Å². The predicted molar refractivity (Wildman–Crippen MR) is 71.0 cm³/mol. The van der Waals surface area contributed by atoms with Gasteiger partial charge < -0.3 is 0 Å². The van der Waals surface area contributed by atoms with Crippen molar-refractivity contribution < 1.29 is 26.0 Å². The van der Waals surface area contributed by atoms with Gasteiger partial charge in [-0.05, 0) is 18.6 Å². The lowest BCUT2D eigenvalue weighted by atomic mass is 10.2. The Kier molecular flexibility index (Phi) is 4.14. The molecule has 0 atom stereocenters. The van der Waals surface area contributed by atoms with Gasteiger partial charge in [-0.3, -0.25) is 9.82 Å². The standard InChI is InChI=1S/C12H11F4N3O2S/c1-7-2-3-8(9(13)4-7)6-22(20,21)19-10-5-17-18-11(10)12(14,15)16/h2-5,19H,6H2,1H3,(H,17,18). The third-order valence-electron chi connectivity index (χ3n) is 2.74. The maximum Gasteiger partial charge on any atom is 0.434 e. The molecule has 0 saturated carbocycles. The number of anilines is 1. The summed E-state index contributed by atoms with van der Waals surface area (Å²) in [6.45, 7) is 1.63. The topological polar surface area (TPSA) is 74.8 Å². The van der Waals surface area contributed by atoms with E-state index in [0.717, 1.165) is 6.07 Å². The first-order valence-corrected chi connectivity index (χ1v) is 7.60. The molecule has 0 fully saturated rings. The van der Waals surface area contributed by atoms with Crippen LogP contribution in [0.2, 0.25) is 0 Å². The predicted octanol–water partition coefficient (Wildman–Crippen LogP) is 2.82. The number of rotatable bonds is 4. The van der Waals surface area contributed by atoms with Crippen LogP contribution in [0.1, 0.15) is 16.8 Å². The van der Waals surface area contributed by atoms with E-state index in [-0.39, 0.29) is 5.56 Å².